The lowest BCUT2D eigenvalue weighted by Crippen LogP contribution is -2.06. The van der Waals surface area contributed by atoms with Crippen molar-refractivity contribution < 1.29 is 0 Å². The Morgan fingerprint density at radius 2 is 2.30 bits per heavy atom. The topological polar surface area (TPSA) is 12.0 Å². The van der Waals surface area contributed by atoms with Gasteiger partial charge in [-0.05, 0) is 19.5 Å². The van der Waals surface area contributed by atoms with Crippen LogP contribution in [0.2, 0.25) is 0 Å². The maximum Gasteiger partial charge on any atom is 0.0349 e. The first-order valence-corrected chi connectivity index (χ1v) is 3.80. The molecule has 0 heterocycles. The lowest BCUT2D eigenvalue weighted by atomic mass is 10.3. The molecular weight excluding hydrogens is 122 g/mol. The zero-order valence-electron chi connectivity index (χ0n) is 6.98. The lowest BCUT2D eigenvalue weighted by Gasteiger charge is -1.96. The molecule has 0 radical (unpaired) electrons. The molecule has 0 fully saturated rings. The van der Waals surface area contributed by atoms with Crippen molar-refractivity contribution in [3.8, 4) is 0 Å². The minimum atomic E-state index is 0.889. The Morgan fingerprint density at radius 1 is 1.60 bits per heavy atom. The normalized spacial score (nSPS) is 10.2. The standard InChI is InChI=1S/C9H17N/c1-4-5-6-7-10-8-9(2)3/h6-7,10H,2,4-5,8H2,1,3H3. The molecule has 1 nitrogen and oxygen atoms in total. The van der Waals surface area contributed by atoms with Crippen molar-refractivity contribution in [2.75, 3.05) is 6.54 Å². The summed E-state index contributed by atoms with van der Waals surface area (Å²) in [5, 5.41) is 3.14. The molecule has 0 aliphatic heterocycles. The third kappa shape index (κ3) is 7.28. The van der Waals surface area contributed by atoms with Gasteiger partial charge in [-0.25, -0.2) is 0 Å². The van der Waals surface area contributed by atoms with E-state index < -0.39 is 0 Å². The SMILES string of the molecule is C=C(C)CNC=CCCC. The van der Waals surface area contributed by atoms with E-state index in [1.165, 1.54) is 12.0 Å². The molecule has 10 heavy (non-hydrogen) atoms. The van der Waals surface area contributed by atoms with Crippen molar-refractivity contribution in [2.24, 2.45) is 0 Å². The van der Waals surface area contributed by atoms with Crippen LogP contribution in [0.3, 0.4) is 0 Å². The van der Waals surface area contributed by atoms with Gasteiger partial charge in [-0.3, -0.25) is 0 Å². The summed E-state index contributed by atoms with van der Waals surface area (Å²) in [7, 11) is 0. The predicted octanol–water partition coefficient (Wildman–Crippen LogP) is 2.47. The van der Waals surface area contributed by atoms with Crippen molar-refractivity contribution in [1.82, 2.24) is 5.32 Å². The molecule has 0 aromatic carbocycles. The Labute approximate surface area is 63.8 Å². The summed E-state index contributed by atoms with van der Waals surface area (Å²) in [5.74, 6) is 0. The second-order valence-electron chi connectivity index (χ2n) is 2.53. The highest BCUT2D eigenvalue weighted by Crippen LogP contribution is 1.87. The van der Waals surface area contributed by atoms with E-state index in [0.29, 0.717) is 0 Å². The van der Waals surface area contributed by atoms with Crippen LogP contribution in [-0.4, -0.2) is 6.54 Å². The van der Waals surface area contributed by atoms with Crippen LogP contribution >= 0.6 is 0 Å². The quantitative estimate of drug-likeness (QED) is 0.577. The largest absolute Gasteiger partial charge is 0.387 e. The highest BCUT2D eigenvalue weighted by molar-refractivity contribution is 4.93. The van der Waals surface area contributed by atoms with Gasteiger partial charge in [-0.2, -0.15) is 0 Å². The van der Waals surface area contributed by atoms with Crippen molar-refractivity contribution in [1.29, 1.82) is 0 Å². The molecule has 0 spiro atoms. The molecule has 1 heteroatoms. The maximum atomic E-state index is 3.78. The Bertz CT molecular complexity index is 114. The molecule has 0 aromatic heterocycles. The highest BCUT2D eigenvalue weighted by Gasteiger charge is 1.78. The van der Waals surface area contributed by atoms with E-state index in [4.69, 9.17) is 0 Å². The third-order valence-corrected chi connectivity index (χ3v) is 1.09. The van der Waals surface area contributed by atoms with Crippen molar-refractivity contribution >= 4 is 0 Å². The lowest BCUT2D eigenvalue weighted by molar-refractivity contribution is 0.905. The van der Waals surface area contributed by atoms with E-state index in [9.17, 15) is 0 Å². The molecule has 0 saturated carbocycles. The summed E-state index contributed by atoms with van der Waals surface area (Å²) in [6, 6.07) is 0. The van der Waals surface area contributed by atoms with Crippen molar-refractivity contribution in [2.45, 2.75) is 26.7 Å². The van der Waals surface area contributed by atoms with Gasteiger partial charge in [-0.15, -0.1) is 0 Å². The van der Waals surface area contributed by atoms with Gasteiger partial charge in [-0.1, -0.05) is 31.6 Å². The second-order valence-corrected chi connectivity index (χ2v) is 2.53. The Kier molecular flexibility index (Phi) is 5.94. The average Bonchev–Trinajstić information content (AvgIpc) is 1.87. The fourth-order valence-corrected chi connectivity index (χ4v) is 0.566. The number of allylic oxidation sites excluding steroid dienone is 1. The minimum Gasteiger partial charge on any atom is -0.387 e. The van der Waals surface area contributed by atoms with Gasteiger partial charge >= 0.3 is 0 Å². The summed E-state index contributed by atoms with van der Waals surface area (Å²) in [5.41, 5.74) is 1.17. The van der Waals surface area contributed by atoms with E-state index in [1.807, 2.05) is 13.1 Å². The van der Waals surface area contributed by atoms with Crippen LogP contribution in [-0.2, 0) is 0 Å². The van der Waals surface area contributed by atoms with E-state index in [-0.39, 0.29) is 0 Å². The Hall–Kier alpha value is -0.720. The molecule has 0 aromatic rings. The van der Waals surface area contributed by atoms with Crippen LogP contribution in [0.4, 0.5) is 0 Å². The molecule has 0 atom stereocenters. The molecule has 0 aliphatic rings. The van der Waals surface area contributed by atoms with Gasteiger partial charge in [0, 0.05) is 6.54 Å². The molecule has 0 rings (SSSR count). The Morgan fingerprint density at radius 3 is 2.80 bits per heavy atom. The van der Waals surface area contributed by atoms with Crippen LogP contribution in [0, 0.1) is 0 Å². The van der Waals surface area contributed by atoms with Crippen molar-refractivity contribution in [3.63, 3.8) is 0 Å². The summed E-state index contributed by atoms with van der Waals surface area (Å²) in [4.78, 5) is 0. The summed E-state index contributed by atoms with van der Waals surface area (Å²) < 4.78 is 0. The van der Waals surface area contributed by atoms with Gasteiger partial charge in [0.1, 0.15) is 0 Å². The number of unbranched alkanes of at least 4 members (excludes halogenated alkanes) is 1. The van der Waals surface area contributed by atoms with Gasteiger partial charge in [0.05, 0.1) is 0 Å². The molecule has 0 unspecified atom stereocenters. The number of hydrogen-bond acceptors (Lipinski definition) is 1. The molecule has 0 bridgehead atoms. The fraction of sp³-hybridized carbons (Fsp3) is 0.556. The zero-order valence-corrected chi connectivity index (χ0v) is 6.98. The van der Waals surface area contributed by atoms with Gasteiger partial charge in [0.25, 0.3) is 0 Å². The summed E-state index contributed by atoms with van der Waals surface area (Å²) >= 11 is 0. The van der Waals surface area contributed by atoms with E-state index in [1.54, 1.807) is 0 Å². The zero-order chi connectivity index (χ0) is 7.82. The molecule has 0 amide bonds. The first-order chi connectivity index (χ1) is 4.77. The highest BCUT2D eigenvalue weighted by atomic mass is 14.8. The molecule has 1 N–H and O–H groups in total. The second kappa shape index (κ2) is 6.40. The van der Waals surface area contributed by atoms with Crippen molar-refractivity contribution in [3.05, 3.63) is 24.4 Å². The molecular formula is C9H17N. The van der Waals surface area contributed by atoms with E-state index in [2.05, 4.69) is 24.9 Å². The fourth-order valence-electron chi connectivity index (χ4n) is 0.566. The third-order valence-electron chi connectivity index (χ3n) is 1.09. The van der Waals surface area contributed by atoms with Gasteiger partial charge in [0.2, 0.25) is 0 Å². The van der Waals surface area contributed by atoms with E-state index >= 15 is 0 Å². The van der Waals surface area contributed by atoms with Crippen LogP contribution < -0.4 is 5.32 Å². The number of rotatable bonds is 5. The minimum absolute atomic E-state index is 0.889. The van der Waals surface area contributed by atoms with Crippen LogP contribution in [0.1, 0.15) is 26.7 Å². The summed E-state index contributed by atoms with van der Waals surface area (Å²) in [6.45, 7) is 8.85. The molecule has 0 saturated heterocycles. The van der Waals surface area contributed by atoms with E-state index in [0.717, 1.165) is 13.0 Å². The Balaban J connectivity index is 3.10. The number of hydrogen-bond donors (Lipinski definition) is 1. The van der Waals surface area contributed by atoms with Crippen LogP contribution in [0.15, 0.2) is 24.4 Å². The van der Waals surface area contributed by atoms with Gasteiger partial charge < -0.3 is 5.32 Å². The first-order valence-electron chi connectivity index (χ1n) is 3.80. The maximum absolute atomic E-state index is 3.78. The average molecular weight is 139 g/mol. The summed E-state index contributed by atoms with van der Waals surface area (Å²) in [6.07, 6.45) is 6.51. The number of nitrogens with one attached hydrogen (secondary N) is 1. The molecule has 58 valence electrons. The molecule has 0 aliphatic carbocycles. The van der Waals surface area contributed by atoms with Crippen LogP contribution in [0.5, 0.6) is 0 Å². The predicted molar refractivity (Wildman–Crippen MR) is 46.9 cm³/mol. The van der Waals surface area contributed by atoms with Crippen LogP contribution in [0.25, 0.3) is 0 Å². The first kappa shape index (κ1) is 9.28. The monoisotopic (exact) mass is 139 g/mol. The van der Waals surface area contributed by atoms with Gasteiger partial charge in [0.15, 0.2) is 0 Å². The smallest absolute Gasteiger partial charge is 0.0349 e.